The molecule has 0 saturated heterocycles. The van der Waals surface area contributed by atoms with Crippen LogP contribution >= 0.6 is 0 Å². The zero-order valence-electron chi connectivity index (χ0n) is 36.9. The number of hydrogen-bond acceptors (Lipinski definition) is 6. The maximum absolute atomic E-state index is 12.7. The summed E-state index contributed by atoms with van der Waals surface area (Å²) in [5, 5.41) is 0. The first kappa shape index (κ1) is 53.4. The third-order valence-electron chi connectivity index (χ3n) is 10.0. The summed E-state index contributed by atoms with van der Waals surface area (Å²) in [5.41, 5.74) is 0. The van der Waals surface area contributed by atoms with Gasteiger partial charge in [-0.05, 0) is 96.3 Å². The summed E-state index contributed by atoms with van der Waals surface area (Å²) in [6.45, 7) is 6.46. The highest BCUT2D eigenvalue weighted by molar-refractivity contribution is 5.71. The van der Waals surface area contributed by atoms with Gasteiger partial charge >= 0.3 is 17.9 Å². The molecule has 0 rings (SSSR count). The van der Waals surface area contributed by atoms with Gasteiger partial charge in [0.05, 0.1) is 0 Å². The van der Waals surface area contributed by atoms with E-state index in [4.69, 9.17) is 14.2 Å². The van der Waals surface area contributed by atoms with Gasteiger partial charge in [-0.25, -0.2) is 0 Å². The van der Waals surface area contributed by atoms with E-state index in [1.165, 1.54) is 96.3 Å². The van der Waals surface area contributed by atoms with Crippen LogP contribution in [0, 0.1) is 0 Å². The van der Waals surface area contributed by atoms with Crippen molar-refractivity contribution in [3.8, 4) is 0 Å². The minimum Gasteiger partial charge on any atom is -0.462 e. The van der Waals surface area contributed by atoms with Crippen LogP contribution in [0.1, 0.15) is 233 Å². The molecule has 6 nitrogen and oxygen atoms in total. The molecule has 0 aromatic carbocycles. The van der Waals surface area contributed by atoms with Crippen molar-refractivity contribution < 1.29 is 28.6 Å². The standard InChI is InChI=1S/C50H88O6/c1-4-7-10-13-16-19-22-25-26-29-31-34-37-40-43-49(52)55-46-47(56-50(53)44-41-38-35-32-28-24-21-18-15-12-9-6-3)45-54-48(51)42-39-36-33-30-27-23-20-17-14-11-8-5-2/h7,10,16-21,47H,4-6,8-9,11-15,22-46H2,1-3H3/b10-7-,19-16-,20-17-,21-18-. The highest BCUT2D eigenvalue weighted by atomic mass is 16.6. The normalized spacial score (nSPS) is 12.4. The Bertz CT molecular complexity index is 996. The number of ether oxygens (including phenoxy) is 3. The summed E-state index contributed by atoms with van der Waals surface area (Å²) in [6.07, 6.45) is 52.3. The molecule has 1 atom stereocenters. The minimum atomic E-state index is -0.780. The molecule has 324 valence electrons. The van der Waals surface area contributed by atoms with Crippen LogP contribution in [0.5, 0.6) is 0 Å². The zero-order chi connectivity index (χ0) is 40.8. The molecule has 0 fully saturated rings. The molecule has 0 amide bonds. The van der Waals surface area contributed by atoms with Crippen LogP contribution in [-0.4, -0.2) is 37.2 Å². The molecular formula is C50H88O6. The van der Waals surface area contributed by atoms with E-state index in [1.54, 1.807) is 0 Å². The van der Waals surface area contributed by atoms with Crippen molar-refractivity contribution in [2.45, 2.75) is 239 Å². The fourth-order valence-electron chi connectivity index (χ4n) is 6.47. The van der Waals surface area contributed by atoms with Crippen LogP contribution in [0.25, 0.3) is 0 Å². The summed E-state index contributed by atoms with van der Waals surface area (Å²) in [5.74, 6) is -0.909. The first-order valence-corrected chi connectivity index (χ1v) is 23.6. The van der Waals surface area contributed by atoms with Gasteiger partial charge in [-0.2, -0.15) is 0 Å². The van der Waals surface area contributed by atoms with Crippen molar-refractivity contribution >= 4 is 17.9 Å². The molecule has 0 heterocycles. The second kappa shape index (κ2) is 45.1. The lowest BCUT2D eigenvalue weighted by atomic mass is 10.1. The van der Waals surface area contributed by atoms with Gasteiger partial charge in [0.15, 0.2) is 6.10 Å². The highest BCUT2D eigenvalue weighted by Gasteiger charge is 2.19. The van der Waals surface area contributed by atoms with Gasteiger partial charge in [0.2, 0.25) is 0 Å². The summed E-state index contributed by atoms with van der Waals surface area (Å²) in [4.78, 5) is 37.8. The van der Waals surface area contributed by atoms with E-state index < -0.39 is 6.10 Å². The van der Waals surface area contributed by atoms with Gasteiger partial charge < -0.3 is 14.2 Å². The quantitative estimate of drug-likeness (QED) is 0.0265. The van der Waals surface area contributed by atoms with Crippen LogP contribution in [-0.2, 0) is 28.6 Å². The predicted molar refractivity (Wildman–Crippen MR) is 238 cm³/mol. The average Bonchev–Trinajstić information content (AvgIpc) is 3.19. The number of esters is 3. The molecule has 0 aliphatic rings. The Morgan fingerprint density at radius 1 is 0.375 bits per heavy atom. The lowest BCUT2D eigenvalue weighted by Gasteiger charge is -2.18. The number of rotatable bonds is 42. The van der Waals surface area contributed by atoms with E-state index in [-0.39, 0.29) is 31.1 Å². The minimum absolute atomic E-state index is 0.0831. The molecule has 0 aliphatic carbocycles. The Morgan fingerprint density at radius 3 is 1.09 bits per heavy atom. The van der Waals surface area contributed by atoms with Crippen molar-refractivity contribution in [1.82, 2.24) is 0 Å². The number of unbranched alkanes of at least 4 members (excludes halogenated alkanes) is 23. The van der Waals surface area contributed by atoms with Crippen LogP contribution in [0.15, 0.2) is 48.6 Å². The van der Waals surface area contributed by atoms with Crippen LogP contribution in [0.2, 0.25) is 0 Å². The average molecular weight is 785 g/mol. The number of carbonyl (C=O) groups excluding carboxylic acids is 3. The number of allylic oxidation sites excluding steroid dienone is 8. The summed E-state index contributed by atoms with van der Waals surface area (Å²) in [6, 6.07) is 0. The van der Waals surface area contributed by atoms with E-state index >= 15 is 0 Å². The molecule has 0 spiro atoms. The second-order valence-electron chi connectivity index (χ2n) is 15.6. The maximum atomic E-state index is 12.7. The monoisotopic (exact) mass is 785 g/mol. The van der Waals surface area contributed by atoms with E-state index in [0.29, 0.717) is 19.3 Å². The van der Waals surface area contributed by atoms with E-state index in [2.05, 4.69) is 69.4 Å². The van der Waals surface area contributed by atoms with E-state index in [9.17, 15) is 14.4 Å². The van der Waals surface area contributed by atoms with Gasteiger partial charge in [0.1, 0.15) is 13.2 Å². The molecule has 1 unspecified atom stereocenters. The summed E-state index contributed by atoms with van der Waals surface area (Å²) in [7, 11) is 0. The second-order valence-corrected chi connectivity index (χ2v) is 15.6. The van der Waals surface area contributed by atoms with Crippen LogP contribution < -0.4 is 0 Å². The predicted octanol–water partition coefficient (Wildman–Crippen LogP) is 15.1. The topological polar surface area (TPSA) is 78.9 Å². The van der Waals surface area contributed by atoms with E-state index in [1.807, 2.05) is 0 Å². The zero-order valence-corrected chi connectivity index (χ0v) is 36.9. The van der Waals surface area contributed by atoms with Crippen molar-refractivity contribution in [3.05, 3.63) is 48.6 Å². The largest absolute Gasteiger partial charge is 0.462 e. The molecule has 6 heteroatoms. The fourth-order valence-corrected chi connectivity index (χ4v) is 6.47. The van der Waals surface area contributed by atoms with Crippen LogP contribution in [0.3, 0.4) is 0 Å². The van der Waals surface area contributed by atoms with Gasteiger partial charge in [-0.15, -0.1) is 0 Å². The Balaban J connectivity index is 4.40. The van der Waals surface area contributed by atoms with Crippen molar-refractivity contribution in [2.24, 2.45) is 0 Å². The first-order chi connectivity index (χ1) is 27.5. The highest BCUT2D eigenvalue weighted by Crippen LogP contribution is 2.14. The molecule has 0 aliphatic heterocycles. The van der Waals surface area contributed by atoms with Gasteiger partial charge in [-0.3, -0.25) is 14.4 Å². The summed E-state index contributed by atoms with van der Waals surface area (Å²) >= 11 is 0. The third-order valence-corrected chi connectivity index (χ3v) is 10.0. The Hall–Kier alpha value is -2.63. The molecule has 0 aromatic rings. The Labute approximate surface area is 346 Å². The smallest absolute Gasteiger partial charge is 0.306 e. The fraction of sp³-hybridized carbons (Fsp3) is 0.780. The van der Waals surface area contributed by atoms with Gasteiger partial charge in [-0.1, -0.05) is 166 Å². The lowest BCUT2D eigenvalue weighted by molar-refractivity contribution is -0.167. The molecular weight excluding hydrogens is 697 g/mol. The molecule has 0 saturated carbocycles. The number of carbonyl (C=O) groups is 3. The lowest BCUT2D eigenvalue weighted by Crippen LogP contribution is -2.30. The molecule has 56 heavy (non-hydrogen) atoms. The maximum Gasteiger partial charge on any atom is 0.306 e. The first-order valence-electron chi connectivity index (χ1n) is 23.6. The Kier molecular flexibility index (Phi) is 43.0. The van der Waals surface area contributed by atoms with Gasteiger partial charge in [0.25, 0.3) is 0 Å². The summed E-state index contributed by atoms with van der Waals surface area (Å²) < 4.78 is 16.7. The molecule has 0 radical (unpaired) electrons. The van der Waals surface area contributed by atoms with Crippen molar-refractivity contribution in [1.29, 1.82) is 0 Å². The van der Waals surface area contributed by atoms with Gasteiger partial charge in [0, 0.05) is 19.3 Å². The number of hydrogen-bond donors (Lipinski definition) is 0. The SMILES string of the molecule is CC/C=C\C/C=C\CCCCCCCCCC(=O)OCC(COC(=O)CCCCCCC/C=C\CCCCC)OC(=O)CCCCCCC/C=C\CCCCC. The van der Waals surface area contributed by atoms with Crippen molar-refractivity contribution in [2.75, 3.05) is 13.2 Å². The molecule has 0 aromatic heterocycles. The van der Waals surface area contributed by atoms with Crippen molar-refractivity contribution in [3.63, 3.8) is 0 Å². The Morgan fingerprint density at radius 2 is 0.696 bits per heavy atom. The van der Waals surface area contributed by atoms with E-state index in [0.717, 1.165) is 96.3 Å². The molecule has 0 N–H and O–H groups in total. The van der Waals surface area contributed by atoms with Crippen LogP contribution in [0.4, 0.5) is 0 Å². The molecule has 0 bridgehead atoms. The third kappa shape index (κ3) is 42.5.